The molecule has 0 bridgehead atoms. The zero-order valence-corrected chi connectivity index (χ0v) is 23.5. The molecular formula is C31H36N10. The molecule has 0 aliphatic carbocycles. The summed E-state index contributed by atoms with van der Waals surface area (Å²) in [5.41, 5.74) is 12.7. The highest BCUT2D eigenvalue weighted by Gasteiger charge is 2.19. The molecule has 0 atom stereocenters. The fourth-order valence-corrected chi connectivity index (χ4v) is 5.02. The van der Waals surface area contributed by atoms with Crippen molar-refractivity contribution in [2.45, 2.75) is 33.1 Å². The predicted molar refractivity (Wildman–Crippen MR) is 165 cm³/mol. The molecule has 5 rings (SSSR count). The first kappa shape index (κ1) is 27.7. The maximum Gasteiger partial charge on any atom is 0.166 e. The zero-order valence-electron chi connectivity index (χ0n) is 23.5. The number of piperidine rings is 1. The monoisotopic (exact) mass is 548 g/mol. The van der Waals surface area contributed by atoms with Crippen LogP contribution in [0.1, 0.15) is 49.1 Å². The number of nitrogens with one attached hydrogen (secondary N) is 4. The van der Waals surface area contributed by atoms with Crippen molar-refractivity contribution in [1.29, 1.82) is 5.41 Å². The Morgan fingerprint density at radius 3 is 2.73 bits per heavy atom. The predicted octanol–water partition coefficient (Wildman–Crippen LogP) is 4.81. The number of aromatic amines is 1. The van der Waals surface area contributed by atoms with E-state index in [0.29, 0.717) is 40.2 Å². The number of aryl methyl sites for hydroxylation is 1. The Bertz CT molecular complexity index is 1660. The Labute approximate surface area is 239 Å². The fourth-order valence-electron chi connectivity index (χ4n) is 5.02. The smallest absolute Gasteiger partial charge is 0.166 e. The number of hydrogen-bond acceptors (Lipinski definition) is 8. The van der Waals surface area contributed by atoms with Crippen LogP contribution in [0.25, 0.3) is 22.4 Å². The lowest BCUT2D eigenvalue weighted by Gasteiger charge is -2.24. The second-order valence-electron chi connectivity index (χ2n) is 10.2. The summed E-state index contributed by atoms with van der Waals surface area (Å²) in [5, 5.41) is 15.8. The molecule has 10 nitrogen and oxygen atoms in total. The SMILES string of the molecule is C=C/C(=C\C(=C/C)c1ccc(N)c(C(=N)c2nc3c(-n4cnc(C)c4)nccc3[nH]2)n1)NC(=C)CC1CCNCC1. The third-order valence-corrected chi connectivity index (χ3v) is 7.19. The zero-order chi connectivity index (χ0) is 28.9. The number of imidazole rings is 2. The van der Waals surface area contributed by atoms with Gasteiger partial charge in [0.15, 0.2) is 11.6 Å². The second-order valence-corrected chi connectivity index (χ2v) is 10.2. The molecule has 4 aromatic heterocycles. The molecule has 6 N–H and O–H groups in total. The maximum absolute atomic E-state index is 8.96. The van der Waals surface area contributed by atoms with Gasteiger partial charge in [-0.1, -0.05) is 19.2 Å². The topological polar surface area (TPSA) is 146 Å². The van der Waals surface area contributed by atoms with Crippen molar-refractivity contribution in [1.82, 2.24) is 40.1 Å². The minimum Gasteiger partial charge on any atom is -0.397 e. The molecule has 0 spiro atoms. The van der Waals surface area contributed by atoms with Gasteiger partial charge in [-0.3, -0.25) is 9.98 Å². The third-order valence-electron chi connectivity index (χ3n) is 7.19. The minimum absolute atomic E-state index is 0.0881. The Morgan fingerprint density at radius 2 is 2.02 bits per heavy atom. The number of nitrogens with two attached hydrogens (primary N) is 1. The number of nitrogens with zero attached hydrogens (tertiary/aromatic N) is 5. The fraction of sp³-hybridized carbons (Fsp3) is 0.258. The molecule has 4 aromatic rings. The van der Waals surface area contributed by atoms with Gasteiger partial charge < -0.3 is 21.4 Å². The molecule has 1 aliphatic rings. The highest BCUT2D eigenvalue weighted by Crippen LogP contribution is 2.24. The molecule has 0 radical (unpaired) electrons. The molecule has 210 valence electrons. The van der Waals surface area contributed by atoms with Gasteiger partial charge in [0.1, 0.15) is 23.2 Å². The molecule has 1 aliphatic heterocycles. The van der Waals surface area contributed by atoms with E-state index >= 15 is 0 Å². The van der Waals surface area contributed by atoms with Gasteiger partial charge in [0.25, 0.3) is 0 Å². The van der Waals surface area contributed by atoms with Crippen LogP contribution in [0, 0.1) is 18.3 Å². The van der Waals surface area contributed by atoms with Gasteiger partial charge in [-0.05, 0) is 88.0 Å². The summed E-state index contributed by atoms with van der Waals surface area (Å²) in [6.07, 6.45) is 14.2. The molecule has 41 heavy (non-hydrogen) atoms. The highest BCUT2D eigenvalue weighted by molar-refractivity contribution is 6.11. The molecule has 5 heterocycles. The molecule has 0 saturated carbocycles. The van der Waals surface area contributed by atoms with Crippen LogP contribution in [0.2, 0.25) is 0 Å². The van der Waals surface area contributed by atoms with Gasteiger partial charge in [0.05, 0.1) is 22.6 Å². The second kappa shape index (κ2) is 12.1. The largest absolute Gasteiger partial charge is 0.397 e. The first-order valence-corrected chi connectivity index (χ1v) is 13.7. The van der Waals surface area contributed by atoms with Crippen molar-refractivity contribution < 1.29 is 0 Å². The number of aromatic nitrogens is 6. The van der Waals surface area contributed by atoms with E-state index in [9.17, 15) is 0 Å². The van der Waals surface area contributed by atoms with Crippen LogP contribution in [-0.4, -0.2) is 48.3 Å². The summed E-state index contributed by atoms with van der Waals surface area (Å²) in [5.74, 6) is 1.60. The minimum atomic E-state index is 0.0881. The number of nitrogen functional groups attached to an aromatic ring is 1. The van der Waals surface area contributed by atoms with E-state index in [2.05, 4.69) is 38.7 Å². The first-order chi connectivity index (χ1) is 19.9. The quantitative estimate of drug-likeness (QED) is 0.141. The summed E-state index contributed by atoms with van der Waals surface area (Å²) < 4.78 is 1.82. The maximum atomic E-state index is 8.96. The van der Waals surface area contributed by atoms with E-state index in [0.717, 1.165) is 60.5 Å². The number of hydrogen-bond donors (Lipinski definition) is 5. The number of anilines is 1. The van der Waals surface area contributed by atoms with Gasteiger partial charge in [0.2, 0.25) is 0 Å². The van der Waals surface area contributed by atoms with Crippen molar-refractivity contribution >= 4 is 28.0 Å². The average molecular weight is 549 g/mol. The van der Waals surface area contributed by atoms with E-state index < -0.39 is 0 Å². The lowest BCUT2D eigenvalue weighted by Crippen LogP contribution is -2.28. The van der Waals surface area contributed by atoms with Crippen LogP contribution in [0.3, 0.4) is 0 Å². The van der Waals surface area contributed by atoms with Gasteiger partial charge in [0, 0.05) is 23.8 Å². The molecular weight excluding hydrogens is 512 g/mol. The van der Waals surface area contributed by atoms with E-state index in [1.54, 1.807) is 24.7 Å². The normalized spacial score (nSPS) is 14.8. The van der Waals surface area contributed by atoms with Crippen LogP contribution >= 0.6 is 0 Å². The lowest BCUT2D eigenvalue weighted by molar-refractivity contribution is 0.368. The Kier molecular flexibility index (Phi) is 8.21. The standard InChI is InChI=1S/C31H36N10/c1-5-22(16-23(6-2)37-19(3)15-21-9-12-34-13-10-21)25-8-7-24(32)28(38-25)27(33)30-39-26-11-14-35-31(29(26)40-30)41-17-20(4)36-18-41/h5-8,11,14,16-18,21,33-34,37H,2-3,9-10,12-13,15,32H2,1,4H3,(H,39,40)/b22-5+,23-16+,33-27?. The summed E-state index contributed by atoms with van der Waals surface area (Å²) in [7, 11) is 0. The number of allylic oxidation sites excluding steroid dienone is 5. The van der Waals surface area contributed by atoms with Gasteiger partial charge in [-0.15, -0.1) is 0 Å². The highest BCUT2D eigenvalue weighted by atomic mass is 15.1. The molecule has 1 saturated heterocycles. The lowest BCUT2D eigenvalue weighted by atomic mass is 9.93. The van der Waals surface area contributed by atoms with E-state index in [1.165, 1.54) is 0 Å². The summed E-state index contributed by atoms with van der Waals surface area (Å²) >= 11 is 0. The first-order valence-electron chi connectivity index (χ1n) is 13.7. The summed E-state index contributed by atoms with van der Waals surface area (Å²) in [6, 6.07) is 5.44. The third kappa shape index (κ3) is 6.17. The molecule has 0 unspecified atom stereocenters. The van der Waals surface area contributed by atoms with Crippen LogP contribution in [0.4, 0.5) is 5.69 Å². The molecule has 10 heteroatoms. The van der Waals surface area contributed by atoms with E-state index in [4.69, 9.17) is 21.1 Å². The summed E-state index contributed by atoms with van der Waals surface area (Å²) in [4.78, 5) is 21.5. The van der Waals surface area contributed by atoms with Gasteiger partial charge in [-0.25, -0.2) is 19.9 Å². The van der Waals surface area contributed by atoms with E-state index in [1.807, 2.05) is 48.9 Å². The number of pyridine rings is 2. The Hall–Kier alpha value is -4.83. The van der Waals surface area contributed by atoms with Crippen LogP contribution in [0.15, 0.2) is 79.7 Å². The van der Waals surface area contributed by atoms with Crippen molar-refractivity contribution in [3.8, 4) is 5.82 Å². The van der Waals surface area contributed by atoms with Crippen molar-refractivity contribution in [2.75, 3.05) is 18.8 Å². The summed E-state index contributed by atoms with van der Waals surface area (Å²) in [6.45, 7) is 14.2. The van der Waals surface area contributed by atoms with Crippen LogP contribution in [-0.2, 0) is 0 Å². The molecule has 0 aromatic carbocycles. The van der Waals surface area contributed by atoms with Crippen molar-refractivity contribution in [3.63, 3.8) is 0 Å². The molecule has 0 amide bonds. The van der Waals surface area contributed by atoms with Crippen LogP contribution < -0.4 is 16.4 Å². The van der Waals surface area contributed by atoms with Crippen LogP contribution in [0.5, 0.6) is 0 Å². The number of rotatable bonds is 10. The average Bonchev–Trinajstić information content (AvgIpc) is 3.62. The van der Waals surface area contributed by atoms with Crippen molar-refractivity contribution in [2.24, 2.45) is 5.92 Å². The Morgan fingerprint density at radius 1 is 1.22 bits per heavy atom. The van der Waals surface area contributed by atoms with Gasteiger partial charge >= 0.3 is 0 Å². The van der Waals surface area contributed by atoms with E-state index in [-0.39, 0.29) is 5.71 Å². The number of fused-ring (bicyclic) bond motifs is 1. The molecule has 1 fully saturated rings. The van der Waals surface area contributed by atoms with Crippen molar-refractivity contribution in [3.05, 3.63) is 103 Å². The Balaban J connectivity index is 1.40. The number of H-pyrrole nitrogens is 1. The van der Waals surface area contributed by atoms with Gasteiger partial charge in [-0.2, -0.15) is 0 Å².